The fraction of sp³-hybridized carbons (Fsp3) is 0.139. The highest BCUT2D eigenvalue weighted by atomic mass is 16.5. The molecule has 43 heavy (non-hydrogen) atoms. The number of carboxylic acid groups (broad SMARTS) is 1. The predicted octanol–water partition coefficient (Wildman–Crippen LogP) is 7.46. The first-order valence-electron chi connectivity index (χ1n) is 14.0. The molecular formula is C36H32N2O5. The van der Waals surface area contributed by atoms with Gasteiger partial charge in [-0.15, -0.1) is 0 Å². The zero-order chi connectivity index (χ0) is 30.0. The zero-order valence-corrected chi connectivity index (χ0v) is 24.1. The van der Waals surface area contributed by atoms with Gasteiger partial charge in [-0.25, -0.2) is 4.79 Å². The van der Waals surface area contributed by atoms with E-state index < -0.39 is 12.6 Å². The lowest BCUT2D eigenvalue weighted by Gasteiger charge is -2.18. The Morgan fingerprint density at radius 2 is 1.30 bits per heavy atom. The van der Waals surface area contributed by atoms with Gasteiger partial charge in [0.1, 0.15) is 23.9 Å². The molecule has 2 heterocycles. The number of aliphatic carboxylic acids is 1. The Morgan fingerprint density at radius 1 is 0.721 bits per heavy atom. The molecule has 0 saturated heterocycles. The van der Waals surface area contributed by atoms with Crippen LogP contribution in [0.25, 0.3) is 28.1 Å². The predicted molar refractivity (Wildman–Crippen MR) is 167 cm³/mol. The number of hydrogen-bond donors (Lipinski definition) is 1. The maximum absolute atomic E-state index is 10.9. The number of aromatic nitrogens is 2. The van der Waals surface area contributed by atoms with Crippen molar-refractivity contribution in [1.29, 1.82) is 0 Å². The Kier molecular flexibility index (Phi) is 9.44. The standard InChI is InChI=1S/C36H32N2O5/c1-3-41-34(23-42-30-18-19-33(25(2)22-30)43-24-35(39)40)36(28-14-10-26(11-15-28)31-8-4-6-20-37-31)29-16-12-27(13-17-29)32-9-5-7-21-38-32/h4-22H,3,23-24H2,1-2H3,(H,39,40). The van der Waals surface area contributed by atoms with E-state index in [4.69, 9.17) is 19.3 Å². The van der Waals surface area contributed by atoms with Gasteiger partial charge in [0, 0.05) is 29.1 Å². The van der Waals surface area contributed by atoms with Gasteiger partial charge < -0.3 is 19.3 Å². The van der Waals surface area contributed by atoms with Gasteiger partial charge >= 0.3 is 5.97 Å². The molecule has 3 aromatic carbocycles. The average molecular weight is 573 g/mol. The van der Waals surface area contributed by atoms with E-state index in [-0.39, 0.29) is 6.61 Å². The second-order valence-electron chi connectivity index (χ2n) is 9.71. The lowest BCUT2D eigenvalue weighted by molar-refractivity contribution is -0.139. The highest BCUT2D eigenvalue weighted by Gasteiger charge is 2.16. The third kappa shape index (κ3) is 7.45. The Labute approximate surface area is 251 Å². The van der Waals surface area contributed by atoms with Crippen molar-refractivity contribution in [2.24, 2.45) is 0 Å². The Morgan fingerprint density at radius 3 is 1.77 bits per heavy atom. The molecule has 5 rings (SSSR count). The summed E-state index contributed by atoms with van der Waals surface area (Å²) in [6.07, 6.45) is 3.57. The number of nitrogens with zero attached hydrogens (tertiary/aromatic N) is 2. The van der Waals surface area contributed by atoms with Crippen molar-refractivity contribution in [2.45, 2.75) is 13.8 Å². The SMILES string of the molecule is CCOC(COc1ccc(OCC(=O)O)c(C)c1)=C(c1ccc(-c2ccccn2)cc1)c1ccc(-c2ccccn2)cc1. The maximum Gasteiger partial charge on any atom is 0.341 e. The molecular weight excluding hydrogens is 540 g/mol. The number of carbonyl (C=O) groups is 1. The molecule has 0 fully saturated rings. The van der Waals surface area contributed by atoms with Crippen LogP contribution in [0, 0.1) is 6.92 Å². The van der Waals surface area contributed by atoms with E-state index >= 15 is 0 Å². The molecule has 2 aromatic heterocycles. The number of ether oxygens (including phenoxy) is 3. The van der Waals surface area contributed by atoms with Crippen LogP contribution in [0.5, 0.6) is 11.5 Å². The van der Waals surface area contributed by atoms with Crippen molar-refractivity contribution in [3.05, 3.63) is 138 Å². The van der Waals surface area contributed by atoms with Crippen molar-refractivity contribution in [3.8, 4) is 34.0 Å². The van der Waals surface area contributed by atoms with Crippen LogP contribution in [0.1, 0.15) is 23.6 Å². The first kappa shape index (κ1) is 29.1. The summed E-state index contributed by atoms with van der Waals surface area (Å²) in [5.74, 6) is 0.770. The van der Waals surface area contributed by atoms with Crippen molar-refractivity contribution < 1.29 is 24.1 Å². The number of hydrogen-bond acceptors (Lipinski definition) is 6. The largest absolute Gasteiger partial charge is 0.494 e. The summed E-state index contributed by atoms with van der Waals surface area (Å²) in [6.45, 7) is 4.04. The quantitative estimate of drug-likeness (QED) is 0.155. The summed E-state index contributed by atoms with van der Waals surface area (Å²) in [5, 5.41) is 8.93. The average Bonchev–Trinajstić information content (AvgIpc) is 3.05. The van der Waals surface area contributed by atoms with Crippen LogP contribution in [0.4, 0.5) is 0 Å². The van der Waals surface area contributed by atoms with Crippen molar-refractivity contribution >= 4 is 11.5 Å². The highest BCUT2D eigenvalue weighted by molar-refractivity contribution is 5.83. The monoisotopic (exact) mass is 572 g/mol. The first-order chi connectivity index (χ1) is 21.0. The number of pyridine rings is 2. The number of carboxylic acids is 1. The van der Waals surface area contributed by atoms with E-state index in [0.29, 0.717) is 23.9 Å². The number of aryl methyl sites for hydroxylation is 1. The van der Waals surface area contributed by atoms with Gasteiger partial charge in [-0.2, -0.15) is 0 Å². The van der Waals surface area contributed by atoms with Crippen LogP contribution < -0.4 is 9.47 Å². The van der Waals surface area contributed by atoms with E-state index in [9.17, 15) is 4.79 Å². The molecule has 0 bridgehead atoms. The second-order valence-corrected chi connectivity index (χ2v) is 9.71. The normalized spacial score (nSPS) is 10.6. The van der Waals surface area contributed by atoms with Gasteiger partial charge in [-0.1, -0.05) is 60.7 Å². The molecule has 0 spiro atoms. The number of benzene rings is 3. The smallest absolute Gasteiger partial charge is 0.341 e. The molecule has 0 aliphatic rings. The summed E-state index contributed by atoms with van der Waals surface area (Å²) in [6, 6.07) is 33.6. The lowest BCUT2D eigenvalue weighted by atomic mass is 9.94. The third-order valence-corrected chi connectivity index (χ3v) is 6.73. The summed E-state index contributed by atoms with van der Waals surface area (Å²) >= 11 is 0. The Bertz CT molecular complexity index is 1600. The first-order valence-corrected chi connectivity index (χ1v) is 14.0. The van der Waals surface area contributed by atoms with E-state index in [0.717, 1.165) is 44.8 Å². The molecule has 7 nitrogen and oxygen atoms in total. The van der Waals surface area contributed by atoms with Crippen LogP contribution in [0.3, 0.4) is 0 Å². The topological polar surface area (TPSA) is 90.8 Å². The van der Waals surface area contributed by atoms with Crippen molar-refractivity contribution in [3.63, 3.8) is 0 Å². The minimum absolute atomic E-state index is 0.182. The molecule has 0 amide bonds. The lowest BCUT2D eigenvalue weighted by Crippen LogP contribution is -2.11. The van der Waals surface area contributed by atoms with Crippen LogP contribution in [-0.2, 0) is 9.53 Å². The Hall–Kier alpha value is -5.43. The Balaban J connectivity index is 1.50. The van der Waals surface area contributed by atoms with Crippen LogP contribution in [0.15, 0.2) is 121 Å². The minimum Gasteiger partial charge on any atom is -0.494 e. The highest BCUT2D eigenvalue weighted by Crippen LogP contribution is 2.32. The molecule has 1 N–H and O–H groups in total. The summed E-state index contributed by atoms with van der Waals surface area (Å²) in [7, 11) is 0. The van der Waals surface area contributed by atoms with E-state index in [1.54, 1.807) is 24.5 Å². The molecule has 0 aliphatic carbocycles. The molecule has 0 saturated carbocycles. The van der Waals surface area contributed by atoms with Gasteiger partial charge in [0.15, 0.2) is 6.61 Å². The second kappa shape index (κ2) is 14.0. The van der Waals surface area contributed by atoms with E-state index in [1.807, 2.05) is 56.3 Å². The molecule has 0 atom stereocenters. The summed E-state index contributed by atoms with van der Waals surface area (Å²) in [5.41, 5.74) is 7.49. The van der Waals surface area contributed by atoms with E-state index in [2.05, 4.69) is 58.5 Å². The van der Waals surface area contributed by atoms with Gasteiger partial charge in [-0.3, -0.25) is 9.97 Å². The zero-order valence-electron chi connectivity index (χ0n) is 24.1. The molecule has 0 unspecified atom stereocenters. The minimum atomic E-state index is -1.03. The van der Waals surface area contributed by atoms with Gasteiger partial charge in [-0.05, 0) is 73.0 Å². The fourth-order valence-electron chi connectivity index (χ4n) is 4.69. The van der Waals surface area contributed by atoms with Gasteiger partial charge in [0.25, 0.3) is 0 Å². The van der Waals surface area contributed by atoms with Crippen LogP contribution in [-0.4, -0.2) is 40.9 Å². The van der Waals surface area contributed by atoms with Crippen LogP contribution >= 0.6 is 0 Å². The third-order valence-electron chi connectivity index (χ3n) is 6.73. The summed E-state index contributed by atoms with van der Waals surface area (Å²) < 4.78 is 17.8. The molecule has 0 aliphatic heterocycles. The molecule has 5 aromatic rings. The van der Waals surface area contributed by atoms with Crippen LogP contribution in [0.2, 0.25) is 0 Å². The van der Waals surface area contributed by atoms with E-state index in [1.165, 1.54) is 0 Å². The summed E-state index contributed by atoms with van der Waals surface area (Å²) in [4.78, 5) is 19.9. The maximum atomic E-state index is 10.9. The van der Waals surface area contributed by atoms with Gasteiger partial charge in [0.2, 0.25) is 0 Å². The van der Waals surface area contributed by atoms with Crippen molar-refractivity contribution in [1.82, 2.24) is 9.97 Å². The molecule has 0 radical (unpaired) electrons. The molecule has 7 heteroatoms. The number of rotatable bonds is 12. The fourth-order valence-corrected chi connectivity index (χ4v) is 4.69. The van der Waals surface area contributed by atoms with Gasteiger partial charge in [0.05, 0.1) is 18.0 Å². The van der Waals surface area contributed by atoms with Crippen molar-refractivity contribution in [2.75, 3.05) is 19.8 Å². The molecule has 216 valence electrons.